The average Bonchev–Trinajstić information content (AvgIpc) is 2.86. The number of para-hydroxylation sites is 1. The van der Waals surface area contributed by atoms with Gasteiger partial charge >= 0.3 is 0 Å². The summed E-state index contributed by atoms with van der Waals surface area (Å²) in [5, 5.41) is 17.4. The number of nitrogens with one attached hydrogen (secondary N) is 1. The van der Waals surface area contributed by atoms with Gasteiger partial charge in [0.15, 0.2) is 5.69 Å². The Morgan fingerprint density at radius 2 is 2.08 bits per heavy atom. The molecule has 1 heterocycles. The monoisotopic (exact) mass is 349 g/mol. The van der Waals surface area contributed by atoms with Crippen molar-refractivity contribution in [1.29, 1.82) is 0 Å². The quantitative estimate of drug-likeness (QED) is 0.840. The second-order valence-corrected chi connectivity index (χ2v) is 7.36. The molecule has 2 rings (SSSR count). The third-order valence-electron chi connectivity index (χ3n) is 3.79. The number of rotatable bonds is 6. The number of aromatic nitrogens is 2. The Hall–Kier alpha value is -1.85. The number of benzene rings is 1. The molecule has 2 N–H and O–H groups in total. The molecule has 24 heavy (non-hydrogen) atoms. The van der Waals surface area contributed by atoms with E-state index in [2.05, 4.69) is 10.4 Å². The summed E-state index contributed by atoms with van der Waals surface area (Å²) in [5.74, 6) is -0.225. The Bertz CT molecular complexity index is 723. The zero-order chi connectivity index (χ0) is 17.9. The van der Waals surface area contributed by atoms with Gasteiger partial charge in [-0.15, -0.1) is 0 Å². The summed E-state index contributed by atoms with van der Waals surface area (Å²) in [7, 11) is 0. The van der Waals surface area contributed by atoms with Crippen molar-refractivity contribution in [3.05, 3.63) is 46.7 Å². The van der Waals surface area contributed by atoms with Gasteiger partial charge in [0.25, 0.3) is 5.91 Å². The van der Waals surface area contributed by atoms with Gasteiger partial charge in [-0.05, 0) is 37.8 Å². The van der Waals surface area contributed by atoms with Crippen molar-refractivity contribution < 1.29 is 9.90 Å². The van der Waals surface area contributed by atoms with E-state index in [1.54, 1.807) is 23.9 Å². The van der Waals surface area contributed by atoms with Gasteiger partial charge in [-0.25, -0.2) is 4.68 Å². The number of aliphatic hydroxyl groups is 1. The van der Waals surface area contributed by atoms with Crippen molar-refractivity contribution >= 4 is 17.5 Å². The summed E-state index contributed by atoms with van der Waals surface area (Å²) < 4.78 is 1.62. The van der Waals surface area contributed by atoms with Gasteiger partial charge in [0.2, 0.25) is 0 Å². The topological polar surface area (TPSA) is 67.2 Å². The fourth-order valence-corrected chi connectivity index (χ4v) is 2.94. The first kappa shape index (κ1) is 18.5. The Kier molecular flexibility index (Phi) is 5.67. The minimum Gasteiger partial charge on any atom is -0.393 e. The minimum atomic E-state index is -0.405. The van der Waals surface area contributed by atoms with Gasteiger partial charge in [0, 0.05) is 18.3 Å². The van der Waals surface area contributed by atoms with E-state index in [0.717, 1.165) is 11.3 Å². The zero-order valence-corrected chi connectivity index (χ0v) is 15.3. The summed E-state index contributed by atoms with van der Waals surface area (Å²) >= 11 is 6.18. The molecule has 0 aliphatic carbocycles. The minimum absolute atomic E-state index is 0.191. The number of halogens is 1. The van der Waals surface area contributed by atoms with Crippen LogP contribution < -0.4 is 5.32 Å². The molecule has 6 heteroatoms. The van der Waals surface area contributed by atoms with Crippen molar-refractivity contribution in [1.82, 2.24) is 15.1 Å². The third kappa shape index (κ3) is 4.58. The molecule has 1 atom stereocenters. The number of carbonyl (C=O) groups is 1. The molecule has 0 aliphatic heterocycles. The number of aryl methyl sites for hydroxylation is 1. The van der Waals surface area contributed by atoms with Gasteiger partial charge in [-0.1, -0.05) is 37.6 Å². The molecule has 1 aromatic heterocycles. The lowest BCUT2D eigenvalue weighted by Gasteiger charge is -2.26. The van der Waals surface area contributed by atoms with Crippen molar-refractivity contribution in [2.45, 2.75) is 40.2 Å². The second-order valence-electron chi connectivity index (χ2n) is 6.96. The first-order valence-corrected chi connectivity index (χ1v) is 8.35. The summed E-state index contributed by atoms with van der Waals surface area (Å²) in [6.45, 7) is 8.08. The zero-order valence-electron chi connectivity index (χ0n) is 14.5. The molecular formula is C18H24ClN3O2. The van der Waals surface area contributed by atoms with Crippen LogP contribution in [0.15, 0.2) is 30.5 Å². The highest BCUT2D eigenvalue weighted by Crippen LogP contribution is 2.22. The largest absolute Gasteiger partial charge is 0.393 e. The van der Waals surface area contributed by atoms with Crippen LogP contribution in [0.5, 0.6) is 0 Å². The smallest absolute Gasteiger partial charge is 0.272 e. The van der Waals surface area contributed by atoms with Crippen LogP contribution in [0.2, 0.25) is 5.02 Å². The van der Waals surface area contributed by atoms with Crippen LogP contribution in [0.4, 0.5) is 0 Å². The molecule has 1 unspecified atom stereocenters. The molecule has 0 bridgehead atoms. The Labute approximate surface area is 147 Å². The van der Waals surface area contributed by atoms with Crippen LogP contribution in [0.25, 0.3) is 5.69 Å². The predicted octanol–water partition coefficient (Wildman–Crippen LogP) is 3.36. The van der Waals surface area contributed by atoms with E-state index in [1.807, 2.05) is 39.0 Å². The van der Waals surface area contributed by atoms with E-state index in [-0.39, 0.29) is 11.3 Å². The first-order valence-electron chi connectivity index (χ1n) is 7.97. The highest BCUT2D eigenvalue weighted by Gasteiger charge is 2.23. The van der Waals surface area contributed by atoms with Gasteiger partial charge in [-0.3, -0.25) is 4.79 Å². The third-order valence-corrected chi connectivity index (χ3v) is 4.11. The maximum absolute atomic E-state index is 12.4. The number of hydrogen-bond donors (Lipinski definition) is 2. The Balaban J connectivity index is 2.13. The lowest BCUT2D eigenvalue weighted by Crippen LogP contribution is -2.36. The van der Waals surface area contributed by atoms with E-state index in [9.17, 15) is 9.90 Å². The van der Waals surface area contributed by atoms with Crippen molar-refractivity contribution in [3.8, 4) is 5.69 Å². The standard InChI is InChI=1S/C18H24ClN3O2/c1-12-10-22(15-8-6-5-7-14(15)19)21-16(12)17(24)20-11-18(3,4)9-13(2)23/h5-8,10,13,23H,9,11H2,1-4H3,(H,20,24). The molecule has 0 fully saturated rings. The molecule has 0 aliphatic rings. The molecule has 0 saturated heterocycles. The average molecular weight is 350 g/mol. The van der Waals surface area contributed by atoms with Crippen LogP contribution in [0, 0.1) is 12.3 Å². The van der Waals surface area contributed by atoms with Crippen LogP contribution in [0.3, 0.4) is 0 Å². The molecule has 1 aromatic carbocycles. The van der Waals surface area contributed by atoms with Gasteiger partial charge in [-0.2, -0.15) is 5.10 Å². The van der Waals surface area contributed by atoms with E-state index in [0.29, 0.717) is 23.7 Å². The molecule has 5 nitrogen and oxygen atoms in total. The van der Waals surface area contributed by atoms with E-state index >= 15 is 0 Å². The molecule has 130 valence electrons. The van der Waals surface area contributed by atoms with Crippen LogP contribution in [-0.4, -0.2) is 33.4 Å². The normalized spacial score (nSPS) is 12.9. The molecule has 2 aromatic rings. The lowest BCUT2D eigenvalue weighted by molar-refractivity contribution is 0.0896. The lowest BCUT2D eigenvalue weighted by atomic mass is 9.87. The van der Waals surface area contributed by atoms with E-state index < -0.39 is 6.10 Å². The predicted molar refractivity (Wildman–Crippen MR) is 95.7 cm³/mol. The van der Waals surface area contributed by atoms with Crippen molar-refractivity contribution in [2.24, 2.45) is 5.41 Å². The summed E-state index contributed by atoms with van der Waals surface area (Å²) in [5.41, 5.74) is 1.70. The van der Waals surface area contributed by atoms with Crippen LogP contribution in [-0.2, 0) is 0 Å². The highest BCUT2D eigenvalue weighted by atomic mass is 35.5. The van der Waals surface area contributed by atoms with Crippen LogP contribution >= 0.6 is 11.6 Å². The van der Waals surface area contributed by atoms with Crippen molar-refractivity contribution in [2.75, 3.05) is 6.54 Å². The Morgan fingerprint density at radius 1 is 1.42 bits per heavy atom. The SMILES string of the molecule is Cc1cn(-c2ccccc2Cl)nc1C(=O)NCC(C)(C)CC(C)O. The highest BCUT2D eigenvalue weighted by molar-refractivity contribution is 6.32. The number of aliphatic hydroxyl groups excluding tert-OH is 1. The molecule has 1 amide bonds. The number of carbonyl (C=O) groups excluding carboxylic acids is 1. The molecule has 0 saturated carbocycles. The van der Waals surface area contributed by atoms with Gasteiger partial charge in [0.1, 0.15) is 0 Å². The summed E-state index contributed by atoms with van der Waals surface area (Å²) in [4.78, 5) is 12.4. The number of amides is 1. The van der Waals surface area contributed by atoms with E-state index in [1.165, 1.54) is 0 Å². The maximum atomic E-state index is 12.4. The molecular weight excluding hydrogens is 326 g/mol. The molecule has 0 radical (unpaired) electrons. The fraction of sp³-hybridized carbons (Fsp3) is 0.444. The van der Waals surface area contributed by atoms with Gasteiger partial charge in [0.05, 0.1) is 16.8 Å². The first-order chi connectivity index (χ1) is 11.2. The van der Waals surface area contributed by atoms with E-state index in [4.69, 9.17) is 11.6 Å². The van der Waals surface area contributed by atoms with Crippen molar-refractivity contribution in [3.63, 3.8) is 0 Å². The second kappa shape index (κ2) is 7.36. The molecule has 0 spiro atoms. The number of nitrogens with zero attached hydrogens (tertiary/aromatic N) is 2. The van der Waals surface area contributed by atoms with Gasteiger partial charge < -0.3 is 10.4 Å². The fourth-order valence-electron chi connectivity index (χ4n) is 2.72. The summed E-state index contributed by atoms with van der Waals surface area (Å²) in [6.07, 6.45) is 2.00. The Morgan fingerprint density at radius 3 is 2.71 bits per heavy atom. The van der Waals surface area contributed by atoms with Crippen LogP contribution in [0.1, 0.15) is 43.2 Å². The number of hydrogen-bond acceptors (Lipinski definition) is 3. The summed E-state index contributed by atoms with van der Waals surface area (Å²) in [6, 6.07) is 7.35. The maximum Gasteiger partial charge on any atom is 0.272 e.